The van der Waals surface area contributed by atoms with Crippen LogP contribution >= 0.6 is 12.0 Å². The molecule has 3 aromatic rings. The summed E-state index contributed by atoms with van der Waals surface area (Å²) in [6.07, 6.45) is 0. The molecule has 6 nitrogen and oxygen atoms in total. The standard InChI is InChI=1S/C23H21NO5S/c25-22-20-13-7-8-14-21(20)23(19-11-5-2-6-12-19,27-15-16-30-29-28-26)24(22)17-18-9-3-1-4-10-18/h1-14,26H,15-17H2. The Bertz CT molecular complexity index is 985. The molecule has 0 aliphatic carbocycles. The van der Waals surface area contributed by atoms with Crippen LogP contribution in [0.2, 0.25) is 0 Å². The Labute approximate surface area is 179 Å². The van der Waals surface area contributed by atoms with Gasteiger partial charge in [0.05, 0.1) is 6.61 Å². The van der Waals surface area contributed by atoms with Gasteiger partial charge in [0, 0.05) is 41.0 Å². The predicted molar refractivity (Wildman–Crippen MR) is 113 cm³/mol. The fraction of sp³-hybridized carbons (Fsp3) is 0.174. The van der Waals surface area contributed by atoms with Crippen LogP contribution in [0.4, 0.5) is 0 Å². The second-order valence-electron chi connectivity index (χ2n) is 6.75. The van der Waals surface area contributed by atoms with Crippen LogP contribution in [0.25, 0.3) is 0 Å². The summed E-state index contributed by atoms with van der Waals surface area (Å²) in [6.45, 7) is 0.655. The number of carbonyl (C=O) groups excluding carboxylic acids is 1. The lowest BCUT2D eigenvalue weighted by molar-refractivity contribution is -0.432. The van der Waals surface area contributed by atoms with Crippen LogP contribution in [-0.2, 0) is 26.4 Å². The summed E-state index contributed by atoms with van der Waals surface area (Å²) in [7, 11) is 0. The van der Waals surface area contributed by atoms with E-state index in [9.17, 15) is 4.79 Å². The van der Waals surface area contributed by atoms with Crippen molar-refractivity contribution in [2.75, 3.05) is 12.4 Å². The quantitative estimate of drug-likeness (QED) is 0.234. The van der Waals surface area contributed by atoms with Gasteiger partial charge in [-0.15, -0.1) is 4.33 Å². The van der Waals surface area contributed by atoms with Crippen molar-refractivity contribution >= 4 is 17.9 Å². The molecule has 0 aromatic heterocycles. The van der Waals surface area contributed by atoms with E-state index in [1.807, 2.05) is 84.9 Å². The summed E-state index contributed by atoms with van der Waals surface area (Å²) < 4.78 is 10.9. The predicted octanol–water partition coefficient (Wildman–Crippen LogP) is 4.63. The number of ether oxygens (including phenoxy) is 1. The van der Waals surface area contributed by atoms with E-state index in [0.29, 0.717) is 17.9 Å². The Kier molecular flexibility index (Phi) is 6.47. The van der Waals surface area contributed by atoms with Crippen molar-refractivity contribution in [3.05, 3.63) is 107 Å². The fourth-order valence-electron chi connectivity index (χ4n) is 3.84. The number of nitrogens with zero attached hydrogens (tertiary/aromatic N) is 1. The smallest absolute Gasteiger partial charge is 0.257 e. The average Bonchev–Trinajstić information content (AvgIpc) is 3.04. The summed E-state index contributed by atoms with van der Waals surface area (Å²) in [5.74, 6) is 0.311. The van der Waals surface area contributed by atoms with E-state index in [2.05, 4.69) is 9.37 Å². The lowest BCUT2D eigenvalue weighted by Crippen LogP contribution is -2.46. The molecule has 0 spiro atoms. The molecule has 1 amide bonds. The number of rotatable bonds is 9. The van der Waals surface area contributed by atoms with Crippen molar-refractivity contribution < 1.29 is 24.2 Å². The van der Waals surface area contributed by atoms with Gasteiger partial charge in [-0.1, -0.05) is 83.9 Å². The van der Waals surface area contributed by atoms with Gasteiger partial charge in [0.1, 0.15) is 0 Å². The van der Waals surface area contributed by atoms with Gasteiger partial charge in [-0.25, -0.2) is 5.26 Å². The van der Waals surface area contributed by atoms with Gasteiger partial charge in [-0.3, -0.25) is 9.69 Å². The highest BCUT2D eigenvalue weighted by Gasteiger charge is 2.51. The van der Waals surface area contributed by atoms with E-state index < -0.39 is 5.72 Å². The number of benzene rings is 3. The lowest BCUT2D eigenvalue weighted by Gasteiger charge is -2.39. The molecule has 0 radical (unpaired) electrons. The van der Waals surface area contributed by atoms with E-state index >= 15 is 0 Å². The molecular formula is C23H21NO5S. The molecular weight excluding hydrogens is 402 g/mol. The first kappa shape index (κ1) is 20.6. The summed E-state index contributed by atoms with van der Waals surface area (Å²) in [5, 5.41) is 12.0. The highest BCUT2D eigenvalue weighted by Crippen LogP contribution is 2.46. The Morgan fingerprint density at radius 2 is 1.57 bits per heavy atom. The molecule has 0 saturated heterocycles. The number of hydrogen-bond donors (Lipinski definition) is 1. The lowest BCUT2D eigenvalue weighted by atomic mass is 9.93. The van der Waals surface area contributed by atoms with Crippen molar-refractivity contribution in [1.82, 2.24) is 4.90 Å². The monoisotopic (exact) mass is 423 g/mol. The Morgan fingerprint density at radius 3 is 2.30 bits per heavy atom. The second kappa shape index (κ2) is 9.42. The molecule has 7 heteroatoms. The molecule has 3 aromatic carbocycles. The van der Waals surface area contributed by atoms with Gasteiger partial charge in [0.15, 0.2) is 5.72 Å². The minimum atomic E-state index is -1.08. The van der Waals surface area contributed by atoms with Crippen LogP contribution in [0.15, 0.2) is 84.9 Å². The normalized spacial score (nSPS) is 17.9. The van der Waals surface area contributed by atoms with Gasteiger partial charge < -0.3 is 4.74 Å². The number of carbonyl (C=O) groups is 1. The molecule has 154 valence electrons. The molecule has 4 rings (SSSR count). The molecule has 1 aliphatic heterocycles. The van der Waals surface area contributed by atoms with Crippen molar-refractivity contribution in [2.45, 2.75) is 12.3 Å². The van der Waals surface area contributed by atoms with Crippen LogP contribution < -0.4 is 0 Å². The summed E-state index contributed by atoms with van der Waals surface area (Å²) in [4.78, 5) is 15.3. The third-order valence-electron chi connectivity index (χ3n) is 5.05. The van der Waals surface area contributed by atoms with Gasteiger partial charge in [-0.05, 0) is 11.6 Å². The first-order chi connectivity index (χ1) is 14.8. The zero-order valence-corrected chi connectivity index (χ0v) is 17.0. The third kappa shape index (κ3) is 3.86. The largest absolute Gasteiger partial charge is 0.346 e. The number of fused-ring (bicyclic) bond motifs is 1. The molecule has 0 bridgehead atoms. The van der Waals surface area contributed by atoms with Crippen molar-refractivity contribution in [2.24, 2.45) is 0 Å². The zero-order chi connectivity index (χ0) is 20.8. The number of amides is 1. The van der Waals surface area contributed by atoms with Crippen LogP contribution in [0.5, 0.6) is 0 Å². The molecule has 1 aliphatic rings. The number of hydrogen-bond acceptors (Lipinski definition) is 6. The van der Waals surface area contributed by atoms with E-state index in [1.54, 1.807) is 4.90 Å². The topological polar surface area (TPSA) is 68.2 Å². The zero-order valence-electron chi connectivity index (χ0n) is 16.1. The maximum Gasteiger partial charge on any atom is 0.257 e. The maximum atomic E-state index is 13.5. The third-order valence-corrected chi connectivity index (χ3v) is 5.54. The molecule has 30 heavy (non-hydrogen) atoms. The van der Waals surface area contributed by atoms with Crippen molar-refractivity contribution in [1.29, 1.82) is 0 Å². The summed E-state index contributed by atoms with van der Waals surface area (Å²) in [6, 6.07) is 27.1. The van der Waals surface area contributed by atoms with Crippen molar-refractivity contribution in [3.63, 3.8) is 0 Å². The van der Waals surface area contributed by atoms with Crippen LogP contribution in [-0.4, -0.2) is 28.4 Å². The highest BCUT2D eigenvalue weighted by molar-refractivity contribution is 7.94. The van der Waals surface area contributed by atoms with Gasteiger partial charge in [0.25, 0.3) is 5.91 Å². The van der Waals surface area contributed by atoms with Crippen LogP contribution in [0, 0.1) is 0 Å². The summed E-state index contributed by atoms with van der Waals surface area (Å²) >= 11 is 0.917. The minimum Gasteiger partial charge on any atom is -0.346 e. The molecule has 1 heterocycles. The Morgan fingerprint density at radius 1 is 0.900 bits per heavy atom. The first-order valence-electron chi connectivity index (χ1n) is 9.52. The average molecular weight is 423 g/mol. The van der Waals surface area contributed by atoms with E-state index in [1.165, 1.54) is 0 Å². The van der Waals surface area contributed by atoms with Crippen molar-refractivity contribution in [3.8, 4) is 0 Å². The molecule has 0 fully saturated rings. The highest BCUT2D eigenvalue weighted by atomic mass is 32.2. The Balaban J connectivity index is 1.79. The van der Waals surface area contributed by atoms with E-state index in [-0.39, 0.29) is 12.5 Å². The van der Waals surface area contributed by atoms with E-state index in [0.717, 1.165) is 28.7 Å². The fourth-order valence-corrected chi connectivity index (χ4v) is 4.10. The molecule has 1 N–H and O–H groups in total. The molecule has 1 atom stereocenters. The van der Waals surface area contributed by atoms with Gasteiger partial charge in [0.2, 0.25) is 0 Å². The maximum absolute atomic E-state index is 13.5. The van der Waals surface area contributed by atoms with Crippen LogP contribution in [0.3, 0.4) is 0 Å². The SMILES string of the molecule is O=C1c2ccccc2C(OCCSOOO)(c2ccccc2)N1Cc1ccccc1. The molecule has 1 unspecified atom stereocenters. The Hall–Kier alpha value is -2.68. The minimum absolute atomic E-state index is 0.0825. The first-order valence-corrected chi connectivity index (χ1v) is 10.4. The second-order valence-corrected chi connectivity index (χ2v) is 7.53. The van der Waals surface area contributed by atoms with E-state index in [4.69, 9.17) is 9.99 Å². The van der Waals surface area contributed by atoms with Gasteiger partial charge in [-0.2, -0.15) is 0 Å². The summed E-state index contributed by atoms with van der Waals surface area (Å²) in [5.41, 5.74) is 2.23. The molecule has 0 saturated carbocycles. The van der Waals surface area contributed by atoms with Crippen LogP contribution in [0.1, 0.15) is 27.0 Å². The van der Waals surface area contributed by atoms with Gasteiger partial charge >= 0.3 is 0 Å².